The van der Waals surface area contributed by atoms with Gasteiger partial charge in [0, 0.05) is 50.1 Å². The second kappa shape index (κ2) is 18.8. The predicted octanol–water partition coefficient (Wildman–Crippen LogP) is 7.15. The van der Waals surface area contributed by atoms with Crippen molar-refractivity contribution in [3.8, 4) is 0 Å². The van der Waals surface area contributed by atoms with Gasteiger partial charge in [0.15, 0.2) is 5.78 Å². The van der Waals surface area contributed by atoms with Gasteiger partial charge in [0.1, 0.15) is 12.1 Å². The van der Waals surface area contributed by atoms with Crippen molar-refractivity contribution in [1.29, 1.82) is 0 Å². The molecule has 1 aromatic heterocycles. The van der Waals surface area contributed by atoms with Crippen LogP contribution in [0.2, 0.25) is 0 Å². The van der Waals surface area contributed by atoms with E-state index >= 15 is 4.79 Å². The molecule has 3 aromatic rings. The first kappa shape index (κ1) is 40.6. The van der Waals surface area contributed by atoms with Gasteiger partial charge in [-0.3, -0.25) is 19.4 Å². The second-order valence-electron chi connectivity index (χ2n) is 17.3. The van der Waals surface area contributed by atoms with E-state index < -0.39 is 6.04 Å². The number of ketones is 1. The van der Waals surface area contributed by atoms with Crippen molar-refractivity contribution in [3.05, 3.63) is 94.2 Å². The molecule has 1 spiro atoms. The molecule has 56 heavy (non-hydrogen) atoms. The number of likely N-dealkylation sites (tertiary alicyclic amines) is 1. The first-order valence-electron chi connectivity index (χ1n) is 21.2. The number of hydrogen-bond donors (Lipinski definition) is 0. The van der Waals surface area contributed by atoms with Crippen LogP contribution in [0.15, 0.2) is 83.2 Å². The number of hydrogen-bond acceptors (Lipinski definition) is 9. The van der Waals surface area contributed by atoms with E-state index in [0.717, 1.165) is 50.8 Å². The van der Waals surface area contributed by atoms with E-state index in [9.17, 15) is 4.79 Å². The Morgan fingerprint density at radius 2 is 1.68 bits per heavy atom. The van der Waals surface area contributed by atoms with Crippen LogP contribution in [0.25, 0.3) is 0 Å². The van der Waals surface area contributed by atoms with E-state index in [-0.39, 0.29) is 29.9 Å². The number of carbonyl (C=O) groups excluding carboxylic acids is 2. The fourth-order valence-electron chi connectivity index (χ4n) is 9.74. The highest BCUT2D eigenvalue weighted by Gasteiger charge is 2.45. The van der Waals surface area contributed by atoms with E-state index in [0.29, 0.717) is 50.0 Å². The zero-order chi connectivity index (χ0) is 39.1. The minimum Gasteiger partial charge on any atom is -0.455 e. The highest BCUT2D eigenvalue weighted by atomic mass is 32.1. The minimum absolute atomic E-state index is 0.0361. The quantitative estimate of drug-likeness (QED) is 0.152. The molecule has 0 radical (unpaired) electrons. The van der Waals surface area contributed by atoms with Gasteiger partial charge in [-0.25, -0.2) is 4.99 Å². The number of carbonyl (C=O) groups is 2. The number of Topliss-reactive ketones (excluding diaryl/α,β-unsaturated/α-hetero) is 1. The molecule has 9 nitrogen and oxygen atoms in total. The van der Waals surface area contributed by atoms with E-state index in [2.05, 4.69) is 102 Å². The Bertz CT molecular complexity index is 1730. The summed E-state index contributed by atoms with van der Waals surface area (Å²) in [5.41, 5.74) is 2.88. The van der Waals surface area contributed by atoms with E-state index in [4.69, 9.17) is 9.73 Å². The van der Waals surface area contributed by atoms with Crippen LogP contribution in [0.1, 0.15) is 86.8 Å². The molecule has 2 aromatic carbocycles. The summed E-state index contributed by atoms with van der Waals surface area (Å²) in [6.07, 6.45) is 9.69. The molecule has 2 saturated heterocycles. The van der Waals surface area contributed by atoms with Crippen molar-refractivity contribution in [1.82, 2.24) is 24.5 Å². The summed E-state index contributed by atoms with van der Waals surface area (Å²) < 4.78 is 6.52. The lowest BCUT2D eigenvalue weighted by molar-refractivity contribution is -0.147. The Morgan fingerprint density at radius 1 is 0.929 bits per heavy atom. The van der Waals surface area contributed by atoms with Gasteiger partial charge in [0.25, 0.3) is 6.02 Å². The Balaban J connectivity index is 1.05. The summed E-state index contributed by atoms with van der Waals surface area (Å²) >= 11 is 1.69. The minimum atomic E-state index is -0.546. The number of rotatable bonds is 15. The summed E-state index contributed by atoms with van der Waals surface area (Å²) in [4.78, 5) is 46.9. The average Bonchev–Trinajstić information content (AvgIpc) is 3.98. The van der Waals surface area contributed by atoms with E-state index in [1.54, 1.807) is 11.3 Å². The number of amidine groups is 1. The molecule has 1 saturated carbocycles. The fourth-order valence-corrected chi connectivity index (χ4v) is 10.5. The number of unbranched alkanes of at least 4 members (excludes halogenated alkanes) is 1. The van der Waals surface area contributed by atoms with Crippen LogP contribution in [-0.2, 0) is 27.3 Å². The summed E-state index contributed by atoms with van der Waals surface area (Å²) in [6.45, 7) is 7.94. The maximum Gasteiger partial charge on any atom is 0.288 e. The molecule has 7 rings (SSSR count). The van der Waals surface area contributed by atoms with Crippen molar-refractivity contribution in [2.45, 2.75) is 108 Å². The average molecular weight is 781 g/mol. The fraction of sp³-hybridized carbons (Fsp3) is 0.587. The Kier molecular flexibility index (Phi) is 13.6. The van der Waals surface area contributed by atoms with Crippen LogP contribution in [0.3, 0.4) is 0 Å². The molecule has 4 atom stereocenters. The molecule has 0 N–H and O–H groups in total. The molecule has 4 aliphatic rings. The molecule has 0 bridgehead atoms. The van der Waals surface area contributed by atoms with Gasteiger partial charge >= 0.3 is 0 Å². The third-order valence-corrected chi connectivity index (χ3v) is 14.0. The van der Waals surface area contributed by atoms with Crippen LogP contribution in [0.5, 0.6) is 0 Å². The maximum atomic E-state index is 15.1. The van der Waals surface area contributed by atoms with Crippen molar-refractivity contribution in [2.24, 2.45) is 10.4 Å². The highest BCUT2D eigenvalue weighted by Crippen LogP contribution is 2.45. The zero-order valence-corrected chi connectivity index (χ0v) is 35.0. The number of benzene rings is 2. The molecule has 0 unspecified atom stereocenters. The summed E-state index contributed by atoms with van der Waals surface area (Å²) in [5, 5.41) is 2.06. The summed E-state index contributed by atoms with van der Waals surface area (Å²) in [5.74, 6) is 0.240. The van der Waals surface area contributed by atoms with Gasteiger partial charge in [-0.2, -0.15) is 0 Å². The third kappa shape index (κ3) is 9.92. The van der Waals surface area contributed by atoms with Crippen LogP contribution >= 0.6 is 11.3 Å². The van der Waals surface area contributed by atoms with E-state index in [1.165, 1.54) is 42.8 Å². The summed E-state index contributed by atoms with van der Waals surface area (Å²) in [7, 11) is 6.43. The molecule has 3 fully saturated rings. The molecular weight excluding hydrogens is 717 g/mol. The van der Waals surface area contributed by atoms with Crippen molar-refractivity contribution in [2.75, 3.05) is 60.4 Å². The van der Waals surface area contributed by atoms with Gasteiger partial charge in [0.05, 0.1) is 12.1 Å². The van der Waals surface area contributed by atoms with Crippen LogP contribution < -0.4 is 0 Å². The first-order chi connectivity index (χ1) is 27.2. The number of thiophene rings is 1. The number of piperazine rings is 1. The number of nitrogens with zero attached hydrogens (tertiary/aromatic N) is 6. The van der Waals surface area contributed by atoms with Gasteiger partial charge in [-0.05, 0) is 121 Å². The molecule has 3 aliphatic heterocycles. The van der Waals surface area contributed by atoms with Crippen LogP contribution in [-0.4, -0.2) is 127 Å². The van der Waals surface area contributed by atoms with Crippen molar-refractivity contribution >= 4 is 29.0 Å². The Labute approximate surface area is 339 Å². The van der Waals surface area contributed by atoms with Gasteiger partial charge in [-0.15, -0.1) is 11.3 Å². The van der Waals surface area contributed by atoms with Crippen molar-refractivity contribution in [3.63, 3.8) is 0 Å². The molecule has 10 heteroatoms. The number of aryl methyl sites for hydroxylation is 1. The largest absolute Gasteiger partial charge is 0.455 e. The number of ether oxygens (including phenoxy) is 1. The lowest BCUT2D eigenvalue weighted by Gasteiger charge is -2.46. The predicted molar refractivity (Wildman–Crippen MR) is 227 cm³/mol. The second-order valence-corrected chi connectivity index (χ2v) is 18.3. The standard InChI is InChI=1S/C46H64N6O3S/c1-35-43(37-16-9-6-10-17-37)55-45(47-35)51-29-30-52(41(33-51)42(53)21-20-39-18-13-31-56-39)44(54)40(19-11-12-27-48(2)3)49(4)38-22-24-46(25-23-38)26-28-50(34-46)32-36-14-7-5-8-15-36/h5-10,13-18,31,35,38,40-41,43H,11-12,19-30,32-34H2,1-4H3/t35-,38?,40+,41-,43+,46?/m0/s1. The maximum absolute atomic E-state index is 15.1. The molecule has 1 aliphatic carbocycles. The number of aliphatic imine (C=N–C) groups is 1. The highest BCUT2D eigenvalue weighted by molar-refractivity contribution is 7.09. The molecule has 1 amide bonds. The zero-order valence-electron chi connectivity index (χ0n) is 34.2. The molecular formula is C46H64N6O3S. The lowest BCUT2D eigenvalue weighted by atomic mass is 9.71. The molecule has 302 valence electrons. The van der Waals surface area contributed by atoms with E-state index in [1.807, 2.05) is 29.2 Å². The number of amides is 1. The SMILES string of the molecule is C[C@@H]1N=C(N2CCN(C(=O)[C@@H](CCCCN(C)C)N(C)C3CCC4(CC3)CCN(Cc3ccccc3)C4)[C@H](C(=O)CCc3cccs3)C2)O[C@H]1c1ccccc1. The van der Waals surface area contributed by atoms with Crippen LogP contribution in [0.4, 0.5) is 0 Å². The molecule has 4 heterocycles. The summed E-state index contributed by atoms with van der Waals surface area (Å²) in [6, 6.07) is 25.4. The Morgan fingerprint density at radius 3 is 2.39 bits per heavy atom. The number of likely N-dealkylation sites (N-methyl/N-ethyl adjacent to an activating group) is 1. The van der Waals surface area contributed by atoms with Gasteiger partial charge in [0.2, 0.25) is 5.91 Å². The monoisotopic (exact) mass is 780 g/mol. The van der Waals surface area contributed by atoms with Gasteiger partial charge < -0.3 is 19.4 Å². The van der Waals surface area contributed by atoms with Crippen molar-refractivity contribution < 1.29 is 14.3 Å². The smallest absolute Gasteiger partial charge is 0.288 e. The topological polar surface area (TPSA) is 71.9 Å². The normalized spacial score (nSPS) is 26.2. The Hall–Kier alpha value is -3.57. The lowest BCUT2D eigenvalue weighted by Crippen LogP contribution is -2.63. The third-order valence-electron chi connectivity index (χ3n) is 13.1. The first-order valence-corrected chi connectivity index (χ1v) is 22.1. The van der Waals surface area contributed by atoms with Gasteiger partial charge in [-0.1, -0.05) is 73.2 Å². The van der Waals surface area contributed by atoms with Crippen LogP contribution in [0, 0.1) is 5.41 Å².